The Bertz CT molecular complexity index is 580. The van der Waals surface area contributed by atoms with Gasteiger partial charge in [-0.3, -0.25) is 9.59 Å². The maximum atomic E-state index is 12.0. The summed E-state index contributed by atoms with van der Waals surface area (Å²) in [7, 11) is 0. The van der Waals surface area contributed by atoms with Crippen LogP contribution in [0.3, 0.4) is 0 Å². The summed E-state index contributed by atoms with van der Waals surface area (Å²) >= 11 is 0. The van der Waals surface area contributed by atoms with E-state index in [0.29, 0.717) is 6.54 Å². The van der Waals surface area contributed by atoms with Gasteiger partial charge in [0.2, 0.25) is 0 Å². The fourth-order valence-electron chi connectivity index (χ4n) is 1.66. The van der Waals surface area contributed by atoms with E-state index in [1.165, 1.54) is 22.9 Å². The zero-order valence-electron chi connectivity index (χ0n) is 11.9. The second-order valence-electron chi connectivity index (χ2n) is 4.52. The van der Waals surface area contributed by atoms with Crippen molar-refractivity contribution in [2.75, 3.05) is 0 Å². The highest BCUT2D eigenvalue weighted by Crippen LogP contribution is 1.98. The molecule has 1 rings (SSSR count). The van der Waals surface area contributed by atoms with Gasteiger partial charge in [0.05, 0.1) is 0 Å². The monoisotopic (exact) mass is 293 g/mol. The molecule has 1 aromatic rings. The van der Waals surface area contributed by atoms with Gasteiger partial charge in [0.15, 0.2) is 0 Å². The summed E-state index contributed by atoms with van der Waals surface area (Å²) in [5, 5.41) is 15.3. The molecule has 0 saturated heterocycles. The molecule has 1 unspecified atom stereocenters. The largest absolute Gasteiger partial charge is 0.480 e. The Morgan fingerprint density at radius 2 is 2.24 bits per heavy atom. The van der Waals surface area contributed by atoms with Crippen LogP contribution in [0, 0.1) is 0 Å². The van der Waals surface area contributed by atoms with Gasteiger partial charge in [0.25, 0.3) is 11.5 Å². The predicted molar refractivity (Wildman–Crippen MR) is 77.1 cm³/mol. The third-order valence-corrected chi connectivity index (χ3v) is 2.83. The SMILES string of the molecule is C=CCC(NC(=O)c1ccc(=O)n(CCCC)n1)C(=O)O. The van der Waals surface area contributed by atoms with Crippen molar-refractivity contribution in [1.82, 2.24) is 15.1 Å². The van der Waals surface area contributed by atoms with Crippen molar-refractivity contribution in [3.05, 3.63) is 40.8 Å². The molecule has 0 fully saturated rings. The Morgan fingerprint density at radius 1 is 1.52 bits per heavy atom. The fraction of sp³-hybridized carbons (Fsp3) is 0.429. The summed E-state index contributed by atoms with van der Waals surface area (Å²) < 4.78 is 1.21. The van der Waals surface area contributed by atoms with Gasteiger partial charge in [-0.05, 0) is 18.9 Å². The molecule has 0 aliphatic carbocycles. The molecular formula is C14H19N3O4. The van der Waals surface area contributed by atoms with Crippen LogP contribution in [-0.2, 0) is 11.3 Å². The number of amides is 1. The minimum Gasteiger partial charge on any atom is -0.480 e. The first-order valence-electron chi connectivity index (χ1n) is 6.72. The molecule has 0 bridgehead atoms. The van der Waals surface area contributed by atoms with Crippen LogP contribution >= 0.6 is 0 Å². The number of aromatic nitrogens is 2. The molecule has 114 valence electrons. The molecule has 1 aromatic heterocycles. The van der Waals surface area contributed by atoms with Gasteiger partial charge in [-0.1, -0.05) is 19.4 Å². The lowest BCUT2D eigenvalue weighted by molar-refractivity contribution is -0.139. The van der Waals surface area contributed by atoms with Gasteiger partial charge in [0, 0.05) is 12.6 Å². The summed E-state index contributed by atoms with van der Waals surface area (Å²) in [6, 6.07) is 1.47. The van der Waals surface area contributed by atoms with Crippen molar-refractivity contribution >= 4 is 11.9 Å². The molecular weight excluding hydrogens is 274 g/mol. The molecule has 0 radical (unpaired) electrons. The van der Waals surface area contributed by atoms with Crippen LogP contribution in [-0.4, -0.2) is 32.8 Å². The van der Waals surface area contributed by atoms with E-state index in [9.17, 15) is 14.4 Å². The lowest BCUT2D eigenvalue weighted by Crippen LogP contribution is -2.41. The van der Waals surface area contributed by atoms with E-state index in [1.54, 1.807) is 0 Å². The predicted octanol–water partition coefficient (Wildman–Crippen LogP) is 0.802. The van der Waals surface area contributed by atoms with Gasteiger partial charge < -0.3 is 10.4 Å². The zero-order valence-corrected chi connectivity index (χ0v) is 11.9. The Kier molecular flexibility index (Phi) is 6.32. The van der Waals surface area contributed by atoms with Gasteiger partial charge >= 0.3 is 5.97 Å². The van der Waals surface area contributed by atoms with Crippen LogP contribution in [0.25, 0.3) is 0 Å². The quantitative estimate of drug-likeness (QED) is 0.690. The van der Waals surface area contributed by atoms with Gasteiger partial charge in [0.1, 0.15) is 11.7 Å². The number of carbonyl (C=O) groups excluding carboxylic acids is 1. The fourth-order valence-corrected chi connectivity index (χ4v) is 1.66. The lowest BCUT2D eigenvalue weighted by Gasteiger charge is -2.12. The number of hydrogen-bond acceptors (Lipinski definition) is 4. The Labute approximate surface area is 122 Å². The first-order valence-corrected chi connectivity index (χ1v) is 6.72. The highest BCUT2D eigenvalue weighted by Gasteiger charge is 2.20. The van der Waals surface area contributed by atoms with Crippen molar-refractivity contribution in [1.29, 1.82) is 0 Å². The molecule has 1 amide bonds. The molecule has 7 heteroatoms. The Balaban J connectivity index is 2.89. The second kappa shape index (κ2) is 7.98. The number of nitrogens with one attached hydrogen (secondary N) is 1. The van der Waals surface area contributed by atoms with E-state index in [1.807, 2.05) is 6.92 Å². The van der Waals surface area contributed by atoms with Crippen LogP contribution < -0.4 is 10.9 Å². The average molecular weight is 293 g/mol. The van der Waals surface area contributed by atoms with Crippen LogP contribution in [0.2, 0.25) is 0 Å². The zero-order chi connectivity index (χ0) is 15.8. The third-order valence-electron chi connectivity index (χ3n) is 2.83. The molecule has 1 atom stereocenters. The summed E-state index contributed by atoms with van der Waals surface area (Å²) in [5.41, 5.74) is -0.276. The molecule has 0 aromatic carbocycles. The maximum absolute atomic E-state index is 12.0. The summed E-state index contributed by atoms with van der Waals surface area (Å²) in [4.78, 5) is 34.6. The third kappa shape index (κ3) is 4.87. The van der Waals surface area contributed by atoms with Crippen molar-refractivity contribution in [3.63, 3.8) is 0 Å². The molecule has 0 saturated carbocycles. The molecule has 0 aliphatic heterocycles. The van der Waals surface area contributed by atoms with Crippen molar-refractivity contribution in [3.8, 4) is 0 Å². The standard InChI is InChI=1S/C14H19N3O4/c1-3-5-9-17-12(18)8-7-10(16-17)13(19)15-11(6-4-2)14(20)21/h4,7-8,11H,2-3,5-6,9H2,1H3,(H,15,19)(H,20,21). The first-order chi connectivity index (χ1) is 9.99. The molecule has 0 aliphatic rings. The Morgan fingerprint density at radius 3 is 2.81 bits per heavy atom. The van der Waals surface area contributed by atoms with Crippen molar-refractivity contribution < 1.29 is 14.7 Å². The number of aliphatic carboxylic acids is 1. The van der Waals surface area contributed by atoms with Crippen molar-refractivity contribution in [2.24, 2.45) is 0 Å². The van der Waals surface area contributed by atoms with Gasteiger partial charge in [-0.15, -0.1) is 6.58 Å². The topological polar surface area (TPSA) is 101 Å². The van der Waals surface area contributed by atoms with E-state index in [0.717, 1.165) is 12.8 Å². The van der Waals surface area contributed by atoms with Crippen LogP contribution in [0.5, 0.6) is 0 Å². The minimum absolute atomic E-state index is 0.0148. The van der Waals surface area contributed by atoms with Crippen molar-refractivity contribution in [2.45, 2.75) is 38.8 Å². The highest BCUT2D eigenvalue weighted by atomic mass is 16.4. The number of unbranched alkanes of at least 4 members (excludes halogenated alkanes) is 1. The highest BCUT2D eigenvalue weighted by molar-refractivity contribution is 5.94. The van der Waals surface area contributed by atoms with Crippen LogP contribution in [0.4, 0.5) is 0 Å². The number of aryl methyl sites for hydroxylation is 1. The molecule has 7 nitrogen and oxygen atoms in total. The van der Waals surface area contributed by atoms with Gasteiger partial charge in [-0.2, -0.15) is 5.10 Å². The van der Waals surface area contributed by atoms with E-state index in [4.69, 9.17) is 5.11 Å². The number of carboxylic acid groups (broad SMARTS) is 1. The summed E-state index contributed by atoms with van der Waals surface area (Å²) in [5.74, 6) is -1.78. The number of hydrogen-bond donors (Lipinski definition) is 2. The number of nitrogens with zero attached hydrogens (tertiary/aromatic N) is 2. The van der Waals surface area contributed by atoms with E-state index in [-0.39, 0.29) is 17.7 Å². The number of carbonyl (C=O) groups is 2. The lowest BCUT2D eigenvalue weighted by atomic mass is 10.2. The minimum atomic E-state index is -1.15. The summed E-state index contributed by atoms with van der Waals surface area (Å²) in [6.45, 7) is 5.85. The summed E-state index contributed by atoms with van der Waals surface area (Å²) in [6.07, 6.45) is 3.18. The molecule has 2 N–H and O–H groups in total. The normalized spacial score (nSPS) is 11.7. The van der Waals surface area contributed by atoms with E-state index >= 15 is 0 Å². The molecule has 21 heavy (non-hydrogen) atoms. The van der Waals surface area contributed by atoms with Gasteiger partial charge in [-0.25, -0.2) is 9.48 Å². The van der Waals surface area contributed by atoms with Crippen LogP contribution in [0.15, 0.2) is 29.6 Å². The van der Waals surface area contributed by atoms with E-state index in [2.05, 4.69) is 17.0 Å². The van der Waals surface area contributed by atoms with E-state index < -0.39 is 17.9 Å². The Hall–Kier alpha value is -2.44. The number of rotatable bonds is 8. The number of carboxylic acids is 1. The first kappa shape index (κ1) is 16.6. The molecule has 1 heterocycles. The maximum Gasteiger partial charge on any atom is 0.326 e. The average Bonchev–Trinajstić information content (AvgIpc) is 2.45. The second-order valence-corrected chi connectivity index (χ2v) is 4.52. The smallest absolute Gasteiger partial charge is 0.326 e. The molecule has 0 spiro atoms. The van der Waals surface area contributed by atoms with Crippen LogP contribution in [0.1, 0.15) is 36.7 Å².